The fourth-order valence-electron chi connectivity index (χ4n) is 1.80. The van der Waals surface area contributed by atoms with E-state index in [0.717, 1.165) is 16.8 Å². The van der Waals surface area contributed by atoms with Crippen LogP contribution in [0, 0.1) is 0 Å². The van der Waals surface area contributed by atoms with Gasteiger partial charge in [0.2, 0.25) is 0 Å². The summed E-state index contributed by atoms with van der Waals surface area (Å²) < 4.78 is 0. The van der Waals surface area contributed by atoms with Crippen LogP contribution in [0.3, 0.4) is 0 Å². The lowest BCUT2D eigenvalue weighted by Gasteiger charge is -2.08. The molecule has 0 aliphatic carbocycles. The minimum Gasteiger partial charge on any atom is -0.478 e. The molecule has 0 spiro atoms. The van der Waals surface area contributed by atoms with E-state index in [1.807, 2.05) is 24.3 Å². The molecule has 2 amide bonds. The van der Waals surface area contributed by atoms with E-state index in [4.69, 9.17) is 5.11 Å². The first-order valence-electron chi connectivity index (χ1n) is 6.07. The van der Waals surface area contributed by atoms with Gasteiger partial charge in [0.1, 0.15) is 0 Å². The summed E-state index contributed by atoms with van der Waals surface area (Å²) in [5, 5.41) is 10.0. The second-order valence-electron chi connectivity index (χ2n) is 4.14. The van der Waals surface area contributed by atoms with Gasteiger partial charge in [-0.2, -0.15) is 0 Å². The second-order valence-corrected chi connectivity index (χ2v) is 4.14. The third-order valence-corrected chi connectivity index (χ3v) is 2.71. The summed E-state index contributed by atoms with van der Waals surface area (Å²) in [6.07, 6.45) is 1.49. The molecule has 0 radical (unpaired) electrons. The highest BCUT2D eigenvalue weighted by Crippen LogP contribution is 2.17. The molecule has 2 rings (SSSR count). The Bertz CT molecular complexity index is 732. The van der Waals surface area contributed by atoms with Gasteiger partial charge in [0.05, 0.1) is 0 Å². The van der Waals surface area contributed by atoms with E-state index in [-0.39, 0.29) is 0 Å². The van der Waals surface area contributed by atoms with Crippen molar-refractivity contribution < 1.29 is 19.5 Å². The molecule has 0 aliphatic rings. The van der Waals surface area contributed by atoms with Crippen molar-refractivity contribution in [1.29, 1.82) is 0 Å². The lowest BCUT2D eigenvalue weighted by molar-refractivity contribution is -0.131. The molecule has 0 unspecified atom stereocenters. The number of hydrogen-bond donors (Lipinski definition) is 3. The third kappa shape index (κ3) is 3.66. The molecule has 2 aromatic carbocycles. The maximum atomic E-state index is 12.0. The SMILES string of the molecule is O=C(O)/C=C\C(=O)NNC(=O)c1cccc2ccccc12. The highest BCUT2D eigenvalue weighted by atomic mass is 16.4. The third-order valence-electron chi connectivity index (χ3n) is 2.71. The number of carbonyl (C=O) groups excluding carboxylic acids is 2. The fraction of sp³-hybridized carbons (Fsp3) is 0. The Hall–Kier alpha value is -3.15. The first kappa shape index (κ1) is 14.3. The van der Waals surface area contributed by atoms with Crippen molar-refractivity contribution in [1.82, 2.24) is 10.9 Å². The van der Waals surface area contributed by atoms with E-state index < -0.39 is 17.8 Å². The van der Waals surface area contributed by atoms with Crippen molar-refractivity contribution in [2.24, 2.45) is 0 Å². The number of amides is 2. The molecule has 21 heavy (non-hydrogen) atoms. The number of benzene rings is 2. The normalized spacial score (nSPS) is 10.5. The standard InChI is InChI=1S/C15H12N2O4/c18-13(8-9-14(19)20)16-17-15(21)12-7-3-5-10-4-1-2-6-11(10)12/h1-9H,(H,16,18)(H,17,21)(H,19,20)/b9-8-. The lowest BCUT2D eigenvalue weighted by Crippen LogP contribution is -2.40. The first-order valence-corrected chi connectivity index (χ1v) is 6.07. The molecule has 0 fully saturated rings. The molecule has 3 N–H and O–H groups in total. The summed E-state index contributed by atoms with van der Waals surface area (Å²) in [4.78, 5) is 33.6. The summed E-state index contributed by atoms with van der Waals surface area (Å²) in [5.74, 6) is -2.46. The minimum absolute atomic E-state index is 0.413. The van der Waals surface area contributed by atoms with E-state index >= 15 is 0 Å². The molecule has 0 bridgehead atoms. The number of carbonyl (C=O) groups is 3. The first-order chi connectivity index (χ1) is 10.1. The molecule has 0 saturated heterocycles. The molecule has 6 heteroatoms. The van der Waals surface area contributed by atoms with Crippen LogP contribution in [0.1, 0.15) is 10.4 Å². The number of hydrogen-bond acceptors (Lipinski definition) is 3. The van der Waals surface area contributed by atoms with Gasteiger partial charge >= 0.3 is 5.97 Å². The monoisotopic (exact) mass is 284 g/mol. The van der Waals surface area contributed by atoms with Crippen LogP contribution >= 0.6 is 0 Å². The van der Waals surface area contributed by atoms with Crippen molar-refractivity contribution in [3.8, 4) is 0 Å². The molecule has 6 nitrogen and oxygen atoms in total. The van der Waals surface area contributed by atoms with Gasteiger partial charge in [-0.15, -0.1) is 0 Å². The Morgan fingerprint density at radius 2 is 1.62 bits per heavy atom. The van der Waals surface area contributed by atoms with Crippen LogP contribution in [0.15, 0.2) is 54.6 Å². The van der Waals surface area contributed by atoms with Gasteiger partial charge in [-0.1, -0.05) is 36.4 Å². The summed E-state index contributed by atoms with van der Waals surface area (Å²) in [6, 6.07) is 12.6. The van der Waals surface area contributed by atoms with Gasteiger partial charge in [-0.3, -0.25) is 20.4 Å². The average Bonchev–Trinajstić information content (AvgIpc) is 2.50. The highest BCUT2D eigenvalue weighted by molar-refractivity contribution is 6.07. The molecular weight excluding hydrogens is 272 g/mol. The Morgan fingerprint density at radius 1 is 0.905 bits per heavy atom. The zero-order chi connectivity index (χ0) is 15.2. The largest absolute Gasteiger partial charge is 0.478 e. The van der Waals surface area contributed by atoms with Crippen LogP contribution in [-0.4, -0.2) is 22.9 Å². The smallest absolute Gasteiger partial charge is 0.328 e. The molecule has 0 aliphatic heterocycles. The molecular formula is C15H12N2O4. The van der Waals surface area contributed by atoms with Gasteiger partial charge in [-0.25, -0.2) is 4.79 Å². The number of carboxylic acid groups (broad SMARTS) is 1. The van der Waals surface area contributed by atoms with Crippen molar-refractivity contribution in [3.63, 3.8) is 0 Å². The van der Waals surface area contributed by atoms with E-state index in [9.17, 15) is 14.4 Å². The number of hydrazine groups is 1. The zero-order valence-electron chi connectivity index (χ0n) is 10.9. The quantitative estimate of drug-likeness (QED) is 0.583. The Kier molecular flexibility index (Phi) is 4.30. The number of carboxylic acids is 1. The molecule has 0 saturated carbocycles. The second kappa shape index (κ2) is 6.33. The number of nitrogens with one attached hydrogen (secondary N) is 2. The Morgan fingerprint density at radius 3 is 2.38 bits per heavy atom. The van der Waals surface area contributed by atoms with Gasteiger partial charge in [-0.05, 0) is 16.8 Å². The molecule has 106 valence electrons. The number of fused-ring (bicyclic) bond motifs is 1. The number of aliphatic carboxylic acids is 1. The van der Waals surface area contributed by atoms with E-state index in [2.05, 4.69) is 10.9 Å². The van der Waals surface area contributed by atoms with Crippen LogP contribution in [0.2, 0.25) is 0 Å². The predicted molar refractivity (Wildman–Crippen MR) is 76.3 cm³/mol. The molecule has 0 aromatic heterocycles. The topological polar surface area (TPSA) is 95.5 Å². The van der Waals surface area contributed by atoms with Crippen molar-refractivity contribution >= 4 is 28.6 Å². The van der Waals surface area contributed by atoms with Crippen LogP contribution in [0.4, 0.5) is 0 Å². The minimum atomic E-state index is -1.24. The average molecular weight is 284 g/mol. The van der Waals surface area contributed by atoms with Crippen molar-refractivity contribution in [2.45, 2.75) is 0 Å². The van der Waals surface area contributed by atoms with Crippen molar-refractivity contribution in [2.75, 3.05) is 0 Å². The fourth-order valence-corrected chi connectivity index (χ4v) is 1.80. The molecule has 0 heterocycles. The van der Waals surface area contributed by atoms with Crippen LogP contribution in [0.5, 0.6) is 0 Å². The van der Waals surface area contributed by atoms with Crippen LogP contribution < -0.4 is 10.9 Å². The molecule has 0 atom stereocenters. The highest BCUT2D eigenvalue weighted by Gasteiger charge is 2.09. The Balaban J connectivity index is 2.09. The summed E-state index contributed by atoms with van der Waals surface area (Å²) in [5.41, 5.74) is 4.76. The van der Waals surface area contributed by atoms with Gasteiger partial charge < -0.3 is 5.11 Å². The van der Waals surface area contributed by atoms with Crippen LogP contribution in [-0.2, 0) is 9.59 Å². The van der Waals surface area contributed by atoms with E-state index in [1.54, 1.807) is 18.2 Å². The molecule has 2 aromatic rings. The van der Waals surface area contributed by atoms with E-state index in [0.29, 0.717) is 11.6 Å². The van der Waals surface area contributed by atoms with Gasteiger partial charge in [0.25, 0.3) is 11.8 Å². The summed E-state index contributed by atoms with van der Waals surface area (Å²) in [7, 11) is 0. The lowest BCUT2D eigenvalue weighted by atomic mass is 10.0. The number of rotatable bonds is 3. The van der Waals surface area contributed by atoms with Crippen LogP contribution in [0.25, 0.3) is 10.8 Å². The van der Waals surface area contributed by atoms with Crippen molar-refractivity contribution in [3.05, 3.63) is 60.2 Å². The maximum Gasteiger partial charge on any atom is 0.328 e. The van der Waals surface area contributed by atoms with Gasteiger partial charge in [0, 0.05) is 17.7 Å². The summed E-state index contributed by atoms with van der Waals surface area (Å²) in [6.45, 7) is 0. The van der Waals surface area contributed by atoms with Gasteiger partial charge in [0.15, 0.2) is 0 Å². The Labute approximate surface area is 120 Å². The van der Waals surface area contributed by atoms with E-state index in [1.165, 1.54) is 0 Å². The maximum absolute atomic E-state index is 12.0. The summed E-state index contributed by atoms with van der Waals surface area (Å²) >= 11 is 0. The predicted octanol–water partition coefficient (Wildman–Crippen LogP) is 1.24. The zero-order valence-corrected chi connectivity index (χ0v) is 10.9.